The fourth-order valence-corrected chi connectivity index (χ4v) is 2.68. The van der Waals surface area contributed by atoms with Crippen LogP contribution in [0.3, 0.4) is 0 Å². The second-order valence-electron chi connectivity index (χ2n) is 7.13. The second-order valence-corrected chi connectivity index (χ2v) is 7.13. The van der Waals surface area contributed by atoms with Crippen molar-refractivity contribution in [2.45, 2.75) is 33.2 Å². The number of aromatic nitrogens is 4. The summed E-state index contributed by atoms with van der Waals surface area (Å²) in [6.07, 6.45) is 1.72. The number of amides is 1. The lowest BCUT2D eigenvalue weighted by Gasteiger charge is -2.20. The topological polar surface area (TPSA) is 111 Å². The van der Waals surface area contributed by atoms with E-state index in [1.54, 1.807) is 25.4 Å². The third-order valence-corrected chi connectivity index (χ3v) is 4.06. The monoisotopic (exact) mass is 353 g/mol. The van der Waals surface area contributed by atoms with Crippen LogP contribution in [-0.4, -0.2) is 32.7 Å². The average molecular weight is 353 g/mol. The van der Waals surface area contributed by atoms with Crippen molar-refractivity contribution in [1.82, 2.24) is 25.1 Å². The molecule has 1 amide bonds. The van der Waals surface area contributed by atoms with Crippen molar-refractivity contribution in [3.63, 3.8) is 0 Å². The number of nitrogens with zero attached hydrogens (tertiary/aromatic N) is 4. The second kappa shape index (κ2) is 6.29. The van der Waals surface area contributed by atoms with Crippen molar-refractivity contribution < 1.29 is 4.79 Å². The van der Waals surface area contributed by atoms with E-state index in [0.29, 0.717) is 17.0 Å². The zero-order valence-corrected chi connectivity index (χ0v) is 15.6. The van der Waals surface area contributed by atoms with Crippen LogP contribution in [0.1, 0.15) is 36.7 Å². The zero-order valence-electron chi connectivity index (χ0n) is 15.6. The van der Waals surface area contributed by atoms with Gasteiger partial charge in [0.1, 0.15) is 5.82 Å². The summed E-state index contributed by atoms with van der Waals surface area (Å²) in [5.74, 6) is 0.562. The maximum absolute atomic E-state index is 11.9. The largest absolute Gasteiger partial charge is 0.368 e. The summed E-state index contributed by atoms with van der Waals surface area (Å²) < 4.78 is 1.82. The molecule has 0 bridgehead atoms. The molecule has 8 nitrogen and oxygen atoms in total. The van der Waals surface area contributed by atoms with E-state index < -0.39 is 0 Å². The minimum atomic E-state index is -0.241. The standard InChI is InChI=1S/C18H23N7O/c1-10-6-7-11(16(26)20-5)8-13(10)22-14-12-9-21-25(18(2,3)4)15(12)24-17(19)23-14/h6-9H,1-5H3,(H,20,26)(H3,19,22,23,24). The lowest BCUT2D eigenvalue weighted by atomic mass is 10.1. The maximum Gasteiger partial charge on any atom is 0.251 e. The van der Waals surface area contributed by atoms with Crippen LogP contribution in [0.5, 0.6) is 0 Å². The van der Waals surface area contributed by atoms with Gasteiger partial charge in [-0.15, -0.1) is 0 Å². The molecular weight excluding hydrogens is 330 g/mol. The molecule has 0 aliphatic heterocycles. The van der Waals surface area contributed by atoms with Crippen LogP contribution in [-0.2, 0) is 5.54 Å². The highest BCUT2D eigenvalue weighted by Gasteiger charge is 2.21. The Hall–Kier alpha value is -3.16. The van der Waals surface area contributed by atoms with Gasteiger partial charge >= 0.3 is 0 Å². The molecule has 0 atom stereocenters. The lowest BCUT2D eigenvalue weighted by Crippen LogP contribution is -2.23. The summed E-state index contributed by atoms with van der Waals surface area (Å²) in [5.41, 5.74) is 8.65. The molecule has 136 valence electrons. The first-order valence-corrected chi connectivity index (χ1v) is 8.32. The smallest absolute Gasteiger partial charge is 0.251 e. The van der Waals surface area contributed by atoms with Crippen LogP contribution in [0.2, 0.25) is 0 Å². The maximum atomic E-state index is 11.9. The number of nitrogens with one attached hydrogen (secondary N) is 2. The number of nitrogens with two attached hydrogens (primary N) is 1. The molecule has 0 fully saturated rings. The first kappa shape index (κ1) is 17.7. The van der Waals surface area contributed by atoms with Crippen LogP contribution in [0.25, 0.3) is 11.0 Å². The van der Waals surface area contributed by atoms with Crippen LogP contribution in [0, 0.1) is 6.92 Å². The highest BCUT2D eigenvalue weighted by molar-refractivity contribution is 5.96. The first-order chi connectivity index (χ1) is 12.2. The zero-order chi connectivity index (χ0) is 19.1. The van der Waals surface area contributed by atoms with Crippen molar-refractivity contribution in [1.29, 1.82) is 0 Å². The van der Waals surface area contributed by atoms with E-state index >= 15 is 0 Å². The summed E-state index contributed by atoms with van der Waals surface area (Å²) in [6.45, 7) is 8.09. The molecular formula is C18H23N7O. The van der Waals surface area contributed by atoms with Gasteiger partial charge in [0.25, 0.3) is 5.91 Å². The van der Waals surface area contributed by atoms with Crippen LogP contribution < -0.4 is 16.4 Å². The molecule has 0 aliphatic rings. The first-order valence-electron chi connectivity index (χ1n) is 8.32. The quantitative estimate of drug-likeness (QED) is 0.667. The van der Waals surface area contributed by atoms with E-state index in [1.165, 1.54) is 0 Å². The predicted molar refractivity (Wildman–Crippen MR) is 103 cm³/mol. The van der Waals surface area contributed by atoms with Crippen LogP contribution >= 0.6 is 0 Å². The molecule has 0 spiro atoms. The van der Waals surface area contributed by atoms with E-state index in [2.05, 4.69) is 25.7 Å². The minimum absolute atomic E-state index is 0.152. The number of aryl methyl sites for hydroxylation is 1. The Morgan fingerprint density at radius 2 is 1.96 bits per heavy atom. The highest BCUT2D eigenvalue weighted by atomic mass is 16.1. The molecule has 1 aromatic carbocycles. The lowest BCUT2D eigenvalue weighted by molar-refractivity contribution is 0.0963. The number of benzene rings is 1. The molecule has 2 aromatic heterocycles. The Morgan fingerprint density at radius 3 is 2.62 bits per heavy atom. The van der Waals surface area contributed by atoms with E-state index in [9.17, 15) is 4.79 Å². The molecule has 0 radical (unpaired) electrons. The van der Waals surface area contributed by atoms with E-state index in [-0.39, 0.29) is 17.4 Å². The van der Waals surface area contributed by atoms with Crippen LogP contribution in [0.15, 0.2) is 24.4 Å². The Balaban J connectivity index is 2.10. The number of rotatable bonds is 3. The molecule has 0 saturated carbocycles. The van der Waals surface area contributed by atoms with E-state index in [1.807, 2.05) is 38.4 Å². The van der Waals surface area contributed by atoms with Gasteiger partial charge in [0, 0.05) is 18.3 Å². The molecule has 0 aliphatic carbocycles. The number of hydrogen-bond acceptors (Lipinski definition) is 6. The Morgan fingerprint density at radius 1 is 1.23 bits per heavy atom. The highest BCUT2D eigenvalue weighted by Crippen LogP contribution is 2.29. The Kier molecular flexibility index (Phi) is 4.27. The van der Waals surface area contributed by atoms with Crippen molar-refractivity contribution in [2.24, 2.45) is 0 Å². The summed E-state index contributed by atoms with van der Waals surface area (Å²) >= 11 is 0. The molecule has 26 heavy (non-hydrogen) atoms. The van der Waals surface area contributed by atoms with E-state index in [4.69, 9.17) is 5.73 Å². The molecule has 2 heterocycles. The van der Waals surface area contributed by atoms with Crippen molar-refractivity contribution in [3.05, 3.63) is 35.5 Å². The van der Waals surface area contributed by atoms with Gasteiger partial charge in [-0.05, 0) is 45.4 Å². The molecule has 0 saturated heterocycles. The van der Waals surface area contributed by atoms with Gasteiger partial charge in [-0.3, -0.25) is 4.79 Å². The average Bonchev–Trinajstić information content (AvgIpc) is 3.00. The van der Waals surface area contributed by atoms with Crippen molar-refractivity contribution >= 4 is 34.4 Å². The molecule has 3 rings (SSSR count). The number of hydrogen-bond donors (Lipinski definition) is 3. The van der Waals surface area contributed by atoms with Crippen molar-refractivity contribution in [3.8, 4) is 0 Å². The SMILES string of the molecule is CNC(=O)c1ccc(C)c(Nc2nc(N)nc3c2cnn3C(C)(C)C)c1. The van der Waals surface area contributed by atoms with Crippen LogP contribution in [0.4, 0.5) is 17.5 Å². The number of nitrogen functional groups attached to an aromatic ring is 1. The Bertz CT molecular complexity index is 985. The van der Waals surface area contributed by atoms with Gasteiger partial charge in [0.05, 0.1) is 17.1 Å². The third-order valence-electron chi connectivity index (χ3n) is 4.06. The fraction of sp³-hybridized carbons (Fsp3) is 0.333. The summed E-state index contributed by atoms with van der Waals surface area (Å²) in [5, 5.41) is 11.1. The minimum Gasteiger partial charge on any atom is -0.368 e. The Labute approximate surface area is 151 Å². The predicted octanol–water partition coefficient (Wildman–Crippen LogP) is 2.58. The number of carbonyl (C=O) groups is 1. The summed E-state index contributed by atoms with van der Waals surface area (Å²) in [7, 11) is 1.60. The van der Waals surface area contributed by atoms with Gasteiger partial charge in [-0.1, -0.05) is 6.07 Å². The van der Waals surface area contributed by atoms with Gasteiger partial charge in [-0.2, -0.15) is 15.1 Å². The van der Waals surface area contributed by atoms with Gasteiger partial charge < -0.3 is 16.4 Å². The van der Waals surface area contributed by atoms with Gasteiger partial charge in [0.2, 0.25) is 5.95 Å². The molecule has 4 N–H and O–H groups in total. The number of anilines is 3. The van der Waals surface area contributed by atoms with Gasteiger partial charge in [0.15, 0.2) is 5.65 Å². The normalized spacial score (nSPS) is 11.6. The number of carbonyl (C=O) groups excluding carboxylic acids is 1. The number of fused-ring (bicyclic) bond motifs is 1. The summed E-state index contributed by atoms with van der Waals surface area (Å²) in [6, 6.07) is 5.45. The van der Waals surface area contributed by atoms with E-state index in [0.717, 1.165) is 16.6 Å². The molecule has 8 heteroatoms. The molecule has 3 aromatic rings. The summed E-state index contributed by atoms with van der Waals surface area (Å²) in [4.78, 5) is 20.6. The van der Waals surface area contributed by atoms with Gasteiger partial charge in [-0.25, -0.2) is 4.68 Å². The molecule has 0 unspecified atom stereocenters. The third kappa shape index (κ3) is 3.17. The van der Waals surface area contributed by atoms with Crippen molar-refractivity contribution in [2.75, 3.05) is 18.1 Å². The fourth-order valence-electron chi connectivity index (χ4n) is 2.68.